The van der Waals surface area contributed by atoms with Crippen LogP contribution in [0.3, 0.4) is 0 Å². The number of hydrogen-bond acceptors (Lipinski definition) is 7. The first-order valence-electron chi connectivity index (χ1n) is 6.25. The molecule has 7 heteroatoms. The van der Waals surface area contributed by atoms with Gasteiger partial charge in [-0.2, -0.15) is 0 Å². The molecule has 0 saturated carbocycles. The van der Waals surface area contributed by atoms with Crippen LogP contribution in [0.25, 0.3) is 11.1 Å². The third-order valence-electron chi connectivity index (χ3n) is 3.19. The summed E-state index contributed by atoms with van der Waals surface area (Å²) in [5.74, 6) is 1.32. The van der Waals surface area contributed by atoms with Gasteiger partial charge in [0.15, 0.2) is 28.2 Å². The van der Waals surface area contributed by atoms with Crippen molar-refractivity contribution in [3.8, 4) is 5.75 Å². The van der Waals surface area contributed by atoms with Gasteiger partial charge in [-0.3, -0.25) is 0 Å². The van der Waals surface area contributed by atoms with Crippen LogP contribution in [-0.4, -0.2) is 49.8 Å². The minimum absolute atomic E-state index is 0.302. The molecule has 3 N–H and O–H groups in total. The van der Waals surface area contributed by atoms with Crippen LogP contribution in [0, 0.1) is 6.92 Å². The van der Waals surface area contributed by atoms with E-state index in [4.69, 9.17) is 9.15 Å². The van der Waals surface area contributed by atoms with E-state index in [2.05, 4.69) is 4.98 Å². The third-order valence-corrected chi connectivity index (χ3v) is 4.42. The molecule has 1 fully saturated rings. The van der Waals surface area contributed by atoms with Crippen molar-refractivity contribution in [1.82, 2.24) is 4.98 Å². The van der Waals surface area contributed by atoms with E-state index in [0.29, 0.717) is 28.5 Å². The van der Waals surface area contributed by atoms with E-state index in [9.17, 15) is 15.3 Å². The van der Waals surface area contributed by atoms with E-state index < -0.39 is 23.7 Å². The van der Waals surface area contributed by atoms with E-state index in [1.54, 1.807) is 25.1 Å². The van der Waals surface area contributed by atoms with Crippen LogP contribution in [0.4, 0.5) is 0 Å². The number of aliphatic hydroxyl groups excluding tert-OH is 3. The minimum Gasteiger partial charge on any atom is -0.475 e. The Morgan fingerprint density at radius 3 is 2.90 bits per heavy atom. The van der Waals surface area contributed by atoms with Crippen LogP contribution < -0.4 is 4.74 Å². The quantitative estimate of drug-likeness (QED) is 0.749. The normalized spacial score (nSPS) is 30.6. The van der Waals surface area contributed by atoms with E-state index in [-0.39, 0.29) is 0 Å². The Hall–Kier alpha value is -1.28. The molecule has 1 saturated heterocycles. The van der Waals surface area contributed by atoms with Gasteiger partial charge in [-0.15, -0.1) is 11.8 Å². The number of aromatic nitrogens is 1. The predicted molar refractivity (Wildman–Crippen MR) is 73.6 cm³/mol. The maximum absolute atomic E-state index is 9.95. The fraction of sp³-hybridized carbons (Fsp3) is 0.462. The maximum atomic E-state index is 9.95. The minimum atomic E-state index is -1.21. The van der Waals surface area contributed by atoms with Gasteiger partial charge in [-0.25, -0.2) is 4.98 Å². The molecule has 2 heterocycles. The van der Waals surface area contributed by atoms with Crippen molar-refractivity contribution in [3.05, 3.63) is 24.1 Å². The van der Waals surface area contributed by atoms with Crippen molar-refractivity contribution < 1.29 is 24.5 Å². The first-order chi connectivity index (χ1) is 9.56. The van der Waals surface area contributed by atoms with Crippen molar-refractivity contribution in [3.63, 3.8) is 0 Å². The fourth-order valence-corrected chi connectivity index (χ4v) is 3.25. The lowest BCUT2D eigenvalue weighted by Crippen LogP contribution is -2.50. The molecule has 108 valence electrons. The summed E-state index contributed by atoms with van der Waals surface area (Å²) >= 11 is 1.25. The van der Waals surface area contributed by atoms with E-state index in [1.165, 1.54) is 11.8 Å². The number of oxazole rings is 1. The second-order valence-corrected chi connectivity index (χ2v) is 5.84. The van der Waals surface area contributed by atoms with Gasteiger partial charge in [0.05, 0.1) is 6.10 Å². The highest BCUT2D eigenvalue weighted by atomic mass is 32.2. The van der Waals surface area contributed by atoms with Crippen LogP contribution in [0.15, 0.2) is 22.6 Å². The Morgan fingerprint density at radius 2 is 2.10 bits per heavy atom. The van der Waals surface area contributed by atoms with Crippen LogP contribution in [0.2, 0.25) is 0 Å². The lowest BCUT2D eigenvalue weighted by Gasteiger charge is -2.34. The summed E-state index contributed by atoms with van der Waals surface area (Å²) in [7, 11) is 0. The monoisotopic (exact) mass is 297 g/mol. The molecule has 20 heavy (non-hydrogen) atoms. The fourth-order valence-electron chi connectivity index (χ4n) is 2.14. The van der Waals surface area contributed by atoms with E-state index in [0.717, 1.165) is 0 Å². The second kappa shape index (κ2) is 5.25. The highest BCUT2D eigenvalue weighted by Crippen LogP contribution is 2.32. The summed E-state index contributed by atoms with van der Waals surface area (Å²) in [6.07, 6.45) is -3.31. The first-order valence-corrected chi connectivity index (χ1v) is 7.30. The van der Waals surface area contributed by atoms with Gasteiger partial charge >= 0.3 is 0 Å². The van der Waals surface area contributed by atoms with Crippen LogP contribution >= 0.6 is 11.8 Å². The Kier molecular flexibility index (Phi) is 3.59. The van der Waals surface area contributed by atoms with Gasteiger partial charge in [-0.05, 0) is 12.1 Å². The average Bonchev–Trinajstić information content (AvgIpc) is 2.81. The molecule has 1 aromatic carbocycles. The molecule has 4 atom stereocenters. The van der Waals surface area contributed by atoms with Gasteiger partial charge < -0.3 is 24.5 Å². The molecule has 0 radical (unpaired) electrons. The van der Waals surface area contributed by atoms with E-state index >= 15 is 0 Å². The summed E-state index contributed by atoms with van der Waals surface area (Å²) in [5, 5.41) is 29.1. The van der Waals surface area contributed by atoms with Crippen LogP contribution in [0.5, 0.6) is 5.75 Å². The lowest BCUT2D eigenvalue weighted by atomic mass is 10.1. The average molecular weight is 297 g/mol. The number of rotatable bonds is 2. The van der Waals surface area contributed by atoms with Crippen molar-refractivity contribution in [2.75, 3.05) is 5.75 Å². The highest BCUT2D eigenvalue weighted by Gasteiger charge is 2.38. The summed E-state index contributed by atoms with van der Waals surface area (Å²) in [5.41, 5.74) is 0.533. The Morgan fingerprint density at radius 1 is 1.30 bits per heavy atom. The number of benzene rings is 1. The molecule has 0 aliphatic carbocycles. The number of aliphatic hydroxyl groups is 3. The number of aryl methyl sites for hydroxylation is 1. The molecule has 0 amide bonds. The molecular weight excluding hydrogens is 282 g/mol. The zero-order chi connectivity index (χ0) is 14.3. The predicted octanol–water partition coefficient (Wildman–Crippen LogP) is 0.671. The highest BCUT2D eigenvalue weighted by molar-refractivity contribution is 7.99. The number of thioether (sulfide) groups is 1. The lowest BCUT2D eigenvalue weighted by molar-refractivity contribution is -0.0784. The molecule has 0 bridgehead atoms. The third kappa shape index (κ3) is 2.37. The molecule has 6 nitrogen and oxygen atoms in total. The SMILES string of the molecule is Cc1nc2c(O[C@@H]3SC[C@@H](O)[C@H](O)[C@H]3O)cccc2o1. The maximum Gasteiger partial charge on any atom is 0.192 e. The van der Waals surface area contributed by atoms with Gasteiger partial charge in [0.1, 0.15) is 12.2 Å². The van der Waals surface area contributed by atoms with Crippen molar-refractivity contribution in [1.29, 1.82) is 0 Å². The summed E-state index contributed by atoms with van der Waals surface area (Å²) in [6.45, 7) is 1.74. The number of para-hydroxylation sites is 1. The first kappa shape index (κ1) is 13.7. The molecule has 1 aromatic heterocycles. The molecule has 1 aliphatic rings. The summed E-state index contributed by atoms with van der Waals surface area (Å²) in [4.78, 5) is 4.24. The molecule has 2 aromatic rings. The summed E-state index contributed by atoms with van der Waals surface area (Å²) in [6, 6.07) is 5.29. The number of fused-ring (bicyclic) bond motifs is 1. The van der Waals surface area contributed by atoms with Gasteiger partial charge in [0.25, 0.3) is 0 Å². The standard InChI is InChI=1S/C13H15NO5S/c1-6-14-10-8(18-6)3-2-4-9(10)19-13-12(17)11(16)7(15)5-20-13/h2-4,7,11-13,15-17H,5H2,1H3/t7-,11+,12-,13-/m1/s1. The number of nitrogens with zero attached hydrogens (tertiary/aromatic N) is 1. The van der Waals surface area contributed by atoms with Crippen molar-refractivity contribution in [2.45, 2.75) is 30.7 Å². The summed E-state index contributed by atoms with van der Waals surface area (Å²) < 4.78 is 11.1. The zero-order valence-electron chi connectivity index (χ0n) is 10.8. The Labute approximate surface area is 119 Å². The van der Waals surface area contributed by atoms with Crippen molar-refractivity contribution >= 4 is 22.9 Å². The second-order valence-electron chi connectivity index (χ2n) is 4.70. The van der Waals surface area contributed by atoms with Gasteiger partial charge in [-0.1, -0.05) is 6.07 Å². The van der Waals surface area contributed by atoms with Gasteiger partial charge in [0, 0.05) is 12.7 Å². The largest absolute Gasteiger partial charge is 0.475 e. The van der Waals surface area contributed by atoms with Gasteiger partial charge in [0.2, 0.25) is 0 Å². The number of hydrogen-bond donors (Lipinski definition) is 3. The Balaban J connectivity index is 1.86. The van der Waals surface area contributed by atoms with Crippen LogP contribution in [0.1, 0.15) is 5.89 Å². The molecule has 0 spiro atoms. The number of ether oxygens (including phenoxy) is 1. The molecule has 3 rings (SSSR count). The topological polar surface area (TPSA) is 96.0 Å². The Bertz CT molecular complexity index is 616. The van der Waals surface area contributed by atoms with Crippen LogP contribution in [-0.2, 0) is 0 Å². The van der Waals surface area contributed by atoms with E-state index in [1.807, 2.05) is 0 Å². The smallest absolute Gasteiger partial charge is 0.192 e. The van der Waals surface area contributed by atoms with Crippen molar-refractivity contribution in [2.24, 2.45) is 0 Å². The zero-order valence-corrected chi connectivity index (χ0v) is 11.6. The molecule has 1 aliphatic heterocycles. The molecular formula is C13H15NO5S. The molecule has 0 unspecified atom stereocenters.